The summed E-state index contributed by atoms with van der Waals surface area (Å²) in [5.41, 5.74) is 13.7. The molecule has 0 amide bonds. The first kappa shape index (κ1) is 25.4. The third kappa shape index (κ3) is 4.52. The van der Waals surface area contributed by atoms with Crippen LogP contribution in [0.3, 0.4) is 0 Å². The Morgan fingerprint density at radius 2 is 1.21 bits per heavy atom. The molecule has 7 aromatic rings. The van der Waals surface area contributed by atoms with Gasteiger partial charge in [-0.2, -0.15) is 0 Å². The number of pyridine rings is 2. The minimum atomic E-state index is 0.966. The standard InChI is InChI=1S/C41H30N2/c1-27-12-14-28(15-13-27)40-35-8-2-4-10-37(35)41(38-11-5-3-9-36(38)40)33-19-17-29-23-32(18-16-30(29)24-33)39-25-31(20-22-43-39)34-7-6-21-42-26-34/h2-15,17,19-26H,16,18H2,1H3. The highest BCUT2D eigenvalue weighted by molar-refractivity contribution is 6.21. The van der Waals surface area contributed by atoms with Crippen molar-refractivity contribution in [2.45, 2.75) is 19.8 Å². The number of benzene rings is 5. The average Bonchev–Trinajstić information content (AvgIpc) is 3.07. The van der Waals surface area contributed by atoms with E-state index in [4.69, 9.17) is 4.98 Å². The topological polar surface area (TPSA) is 25.8 Å². The van der Waals surface area contributed by atoms with Crippen LogP contribution in [0.1, 0.15) is 28.8 Å². The Morgan fingerprint density at radius 3 is 1.88 bits per heavy atom. The maximum Gasteiger partial charge on any atom is 0.0668 e. The summed E-state index contributed by atoms with van der Waals surface area (Å²) in [6.07, 6.45) is 9.91. The van der Waals surface area contributed by atoms with Gasteiger partial charge in [0.25, 0.3) is 0 Å². The minimum Gasteiger partial charge on any atom is -0.264 e. The van der Waals surface area contributed by atoms with E-state index in [-0.39, 0.29) is 0 Å². The van der Waals surface area contributed by atoms with Gasteiger partial charge < -0.3 is 0 Å². The SMILES string of the molecule is Cc1ccc(-c2c3ccccc3c(-c3ccc4c(c3)CCC(c3cc(-c5cccnc5)ccn3)=C4)c3ccccc23)cc1. The summed E-state index contributed by atoms with van der Waals surface area (Å²) in [6.45, 7) is 2.15. The molecule has 2 heterocycles. The molecule has 1 aliphatic carbocycles. The summed E-state index contributed by atoms with van der Waals surface area (Å²) in [5.74, 6) is 0. The van der Waals surface area contributed by atoms with Gasteiger partial charge in [-0.15, -0.1) is 0 Å². The quantitative estimate of drug-likeness (QED) is 0.204. The lowest BCUT2D eigenvalue weighted by atomic mass is 9.83. The summed E-state index contributed by atoms with van der Waals surface area (Å²) in [6, 6.07) is 42.1. The monoisotopic (exact) mass is 550 g/mol. The second-order valence-electron chi connectivity index (χ2n) is 11.5. The first-order valence-corrected chi connectivity index (χ1v) is 14.9. The highest BCUT2D eigenvalue weighted by atomic mass is 14.7. The maximum atomic E-state index is 4.74. The van der Waals surface area contributed by atoms with Crippen LogP contribution in [-0.2, 0) is 6.42 Å². The number of nitrogens with zero attached hydrogens (tertiary/aromatic N) is 2. The van der Waals surface area contributed by atoms with E-state index >= 15 is 0 Å². The molecule has 0 aliphatic heterocycles. The van der Waals surface area contributed by atoms with Crippen molar-refractivity contribution in [2.75, 3.05) is 0 Å². The highest BCUT2D eigenvalue weighted by Crippen LogP contribution is 2.44. The number of fused-ring (bicyclic) bond motifs is 3. The van der Waals surface area contributed by atoms with Gasteiger partial charge in [-0.3, -0.25) is 9.97 Å². The lowest BCUT2D eigenvalue weighted by Gasteiger charge is -2.20. The summed E-state index contributed by atoms with van der Waals surface area (Å²) in [4.78, 5) is 9.04. The van der Waals surface area contributed by atoms with Crippen molar-refractivity contribution in [1.29, 1.82) is 0 Å². The molecule has 2 heteroatoms. The maximum absolute atomic E-state index is 4.74. The van der Waals surface area contributed by atoms with E-state index in [1.807, 2.05) is 24.7 Å². The number of aromatic nitrogens is 2. The molecule has 0 saturated heterocycles. The molecule has 0 atom stereocenters. The summed E-state index contributed by atoms with van der Waals surface area (Å²) in [5, 5.41) is 5.17. The van der Waals surface area contributed by atoms with Crippen LogP contribution in [0.5, 0.6) is 0 Å². The third-order valence-corrected chi connectivity index (χ3v) is 8.78. The highest BCUT2D eigenvalue weighted by Gasteiger charge is 2.19. The molecule has 0 spiro atoms. The lowest BCUT2D eigenvalue weighted by Crippen LogP contribution is -2.01. The van der Waals surface area contributed by atoms with E-state index in [1.165, 1.54) is 66.1 Å². The van der Waals surface area contributed by atoms with Crippen LogP contribution in [0.25, 0.3) is 66.6 Å². The molecule has 0 radical (unpaired) electrons. The molecule has 1 aliphatic rings. The van der Waals surface area contributed by atoms with Gasteiger partial charge in [-0.25, -0.2) is 0 Å². The largest absolute Gasteiger partial charge is 0.264 e. The Bertz CT molecular complexity index is 2120. The normalized spacial score (nSPS) is 12.7. The summed E-state index contributed by atoms with van der Waals surface area (Å²) < 4.78 is 0. The van der Waals surface area contributed by atoms with Crippen LogP contribution in [0.2, 0.25) is 0 Å². The van der Waals surface area contributed by atoms with Gasteiger partial charge in [-0.05, 0) is 110 Å². The van der Waals surface area contributed by atoms with Crippen LogP contribution in [0, 0.1) is 6.92 Å². The molecule has 43 heavy (non-hydrogen) atoms. The molecule has 0 saturated carbocycles. The molecule has 5 aromatic carbocycles. The van der Waals surface area contributed by atoms with Crippen molar-refractivity contribution in [3.05, 3.63) is 156 Å². The summed E-state index contributed by atoms with van der Waals surface area (Å²) >= 11 is 0. The van der Waals surface area contributed by atoms with Crippen molar-refractivity contribution < 1.29 is 0 Å². The van der Waals surface area contributed by atoms with Crippen LogP contribution in [-0.4, -0.2) is 9.97 Å². The van der Waals surface area contributed by atoms with Crippen molar-refractivity contribution in [2.24, 2.45) is 0 Å². The number of allylic oxidation sites excluding steroid dienone is 1. The van der Waals surface area contributed by atoms with E-state index in [9.17, 15) is 0 Å². The zero-order chi connectivity index (χ0) is 28.8. The number of hydrogen-bond acceptors (Lipinski definition) is 2. The first-order chi connectivity index (χ1) is 21.2. The molecule has 0 bridgehead atoms. The molecular formula is C41H30N2. The van der Waals surface area contributed by atoms with E-state index in [0.29, 0.717) is 0 Å². The van der Waals surface area contributed by atoms with Gasteiger partial charge >= 0.3 is 0 Å². The molecule has 0 unspecified atom stereocenters. The molecule has 204 valence electrons. The number of aryl methyl sites for hydroxylation is 2. The predicted octanol–water partition coefficient (Wildman–Crippen LogP) is 10.6. The van der Waals surface area contributed by atoms with Crippen LogP contribution >= 0.6 is 0 Å². The zero-order valence-electron chi connectivity index (χ0n) is 24.1. The molecule has 0 fully saturated rings. The van der Waals surface area contributed by atoms with Gasteiger partial charge in [0.2, 0.25) is 0 Å². The van der Waals surface area contributed by atoms with E-state index in [2.05, 4.69) is 127 Å². The Morgan fingerprint density at radius 1 is 0.535 bits per heavy atom. The first-order valence-electron chi connectivity index (χ1n) is 14.9. The fourth-order valence-electron chi connectivity index (χ4n) is 6.64. The Labute approximate surface area is 252 Å². The Hall–Kier alpha value is -5.34. The van der Waals surface area contributed by atoms with Crippen LogP contribution < -0.4 is 0 Å². The molecule has 2 aromatic heterocycles. The minimum absolute atomic E-state index is 0.966. The van der Waals surface area contributed by atoms with E-state index < -0.39 is 0 Å². The van der Waals surface area contributed by atoms with Crippen molar-refractivity contribution in [3.8, 4) is 33.4 Å². The van der Waals surface area contributed by atoms with Gasteiger partial charge in [0.05, 0.1) is 5.69 Å². The van der Waals surface area contributed by atoms with Crippen LogP contribution in [0.4, 0.5) is 0 Å². The zero-order valence-corrected chi connectivity index (χ0v) is 24.1. The van der Waals surface area contributed by atoms with Crippen LogP contribution in [0.15, 0.2) is 134 Å². The average molecular weight is 551 g/mol. The van der Waals surface area contributed by atoms with Gasteiger partial charge in [0.1, 0.15) is 0 Å². The lowest BCUT2D eigenvalue weighted by molar-refractivity contribution is 0.992. The molecular weight excluding hydrogens is 520 g/mol. The Kier molecular flexibility index (Phi) is 6.19. The fraction of sp³-hybridized carbons (Fsp3) is 0.0732. The van der Waals surface area contributed by atoms with E-state index in [1.54, 1.807) is 0 Å². The number of hydrogen-bond donors (Lipinski definition) is 0. The Balaban J connectivity index is 1.25. The summed E-state index contributed by atoms with van der Waals surface area (Å²) in [7, 11) is 0. The predicted molar refractivity (Wildman–Crippen MR) is 181 cm³/mol. The molecule has 0 N–H and O–H groups in total. The number of rotatable bonds is 4. The van der Waals surface area contributed by atoms with E-state index in [0.717, 1.165) is 29.7 Å². The van der Waals surface area contributed by atoms with Crippen molar-refractivity contribution in [3.63, 3.8) is 0 Å². The second-order valence-corrected chi connectivity index (χ2v) is 11.5. The van der Waals surface area contributed by atoms with Gasteiger partial charge in [-0.1, -0.05) is 103 Å². The second kappa shape index (κ2) is 10.5. The smallest absolute Gasteiger partial charge is 0.0668 e. The third-order valence-electron chi connectivity index (χ3n) is 8.78. The van der Waals surface area contributed by atoms with Crippen molar-refractivity contribution in [1.82, 2.24) is 9.97 Å². The van der Waals surface area contributed by atoms with Gasteiger partial charge in [0, 0.05) is 24.2 Å². The van der Waals surface area contributed by atoms with Crippen molar-refractivity contribution >= 4 is 33.2 Å². The van der Waals surface area contributed by atoms with Gasteiger partial charge in [0.15, 0.2) is 0 Å². The fourth-order valence-corrected chi connectivity index (χ4v) is 6.64. The molecule has 8 rings (SSSR count). The molecule has 2 nitrogen and oxygen atoms in total.